The third-order valence-electron chi connectivity index (χ3n) is 10.1. The second-order valence-corrected chi connectivity index (χ2v) is 23.3. The van der Waals surface area contributed by atoms with Crippen molar-refractivity contribution in [1.29, 1.82) is 5.41 Å². The third-order valence-corrected chi connectivity index (χ3v) is 20.3. The molecule has 268 valence electrons. The number of carbonyl (C=O) groups excluding carboxylic acids is 1. The molecule has 3 aliphatic rings. The van der Waals surface area contributed by atoms with E-state index in [0.717, 1.165) is 22.3 Å². The van der Waals surface area contributed by atoms with Gasteiger partial charge in [0.25, 0.3) is 0 Å². The Kier molecular flexibility index (Phi) is 11.0. The summed E-state index contributed by atoms with van der Waals surface area (Å²) < 4.78 is 32.7. The third kappa shape index (κ3) is 6.92. The fraction of sp³-hybridized carbons (Fsp3) is 0.543. The van der Waals surface area contributed by atoms with E-state index in [-0.39, 0.29) is 52.8 Å². The minimum atomic E-state index is -2.99. The Hall–Kier alpha value is -3.25. The minimum Gasteiger partial charge on any atom is -0.448 e. The van der Waals surface area contributed by atoms with Crippen LogP contribution in [-0.2, 0) is 22.4 Å². The number of nitrogens with one attached hydrogen (secondary N) is 3. The molecular formula is C35H53N5O7Si2. The van der Waals surface area contributed by atoms with Gasteiger partial charge in [0.1, 0.15) is 36.4 Å². The van der Waals surface area contributed by atoms with E-state index in [9.17, 15) is 9.90 Å². The van der Waals surface area contributed by atoms with Crippen molar-refractivity contribution in [3.05, 3.63) is 71.2 Å². The minimum absolute atomic E-state index is 0.0727. The molecule has 0 aromatic heterocycles. The predicted molar refractivity (Wildman–Crippen MR) is 193 cm³/mol. The number of amides is 1. The van der Waals surface area contributed by atoms with Gasteiger partial charge in [-0.25, -0.2) is 4.79 Å². The van der Waals surface area contributed by atoms with Gasteiger partial charge in [0.15, 0.2) is 12.1 Å². The molecule has 2 aromatic rings. The standard InChI is InChI=1S/C35H53N5O7Si2/c1-19(2)48(20(3)4)44-18-28-31(46-49(47-48,21(5)6)22(7)8)30(41)34(45-28)39-32(37)29(36)33(38)40-35(42)43-17-27-25-15-11-9-13-23(25)24-14-10-12-16-26(24)27/h9-16,19-22,27-28,30-31,34,39,41H,17-18,36-37H2,1-8H3,(H2,38,40,42)/b32-29-/t28-,30?,31?,34-/m1/s1. The molecule has 0 radical (unpaired) electrons. The van der Waals surface area contributed by atoms with Crippen LogP contribution in [0.1, 0.15) is 72.4 Å². The predicted octanol–water partition coefficient (Wildman–Crippen LogP) is 5.22. The van der Waals surface area contributed by atoms with E-state index in [1.165, 1.54) is 0 Å². The molecular weight excluding hydrogens is 659 g/mol. The second kappa shape index (κ2) is 14.5. The molecule has 8 N–H and O–H groups in total. The maximum Gasteiger partial charge on any atom is 0.412 e. The Morgan fingerprint density at radius 2 is 1.45 bits per heavy atom. The zero-order chi connectivity index (χ0) is 35.8. The lowest BCUT2D eigenvalue weighted by atomic mass is 9.98. The number of fused-ring (bicyclic) bond motifs is 4. The lowest BCUT2D eigenvalue weighted by Crippen LogP contribution is -2.65. The van der Waals surface area contributed by atoms with E-state index in [1.54, 1.807) is 0 Å². The van der Waals surface area contributed by atoms with Gasteiger partial charge in [0, 0.05) is 5.92 Å². The fourth-order valence-electron chi connectivity index (χ4n) is 7.45. The van der Waals surface area contributed by atoms with E-state index < -0.39 is 53.6 Å². The van der Waals surface area contributed by atoms with Gasteiger partial charge in [0.05, 0.1) is 6.61 Å². The van der Waals surface area contributed by atoms with Crippen LogP contribution in [0.5, 0.6) is 0 Å². The van der Waals surface area contributed by atoms with Crippen LogP contribution in [-0.4, -0.2) is 71.9 Å². The molecule has 49 heavy (non-hydrogen) atoms. The molecule has 12 nitrogen and oxygen atoms in total. The molecule has 1 amide bonds. The van der Waals surface area contributed by atoms with Crippen molar-refractivity contribution in [3.8, 4) is 11.1 Å². The number of ether oxygens (including phenoxy) is 2. The van der Waals surface area contributed by atoms with Gasteiger partial charge in [-0.3, -0.25) is 10.7 Å². The zero-order valence-corrected chi connectivity index (χ0v) is 31.8. The molecule has 2 heterocycles. The molecule has 2 fully saturated rings. The lowest BCUT2D eigenvalue weighted by molar-refractivity contribution is -0.0426. The Balaban J connectivity index is 1.26. The Morgan fingerprint density at radius 3 is 1.98 bits per heavy atom. The number of aliphatic hydroxyl groups excluding tert-OH is 1. The van der Waals surface area contributed by atoms with Crippen LogP contribution in [0.2, 0.25) is 22.2 Å². The highest BCUT2D eigenvalue weighted by Gasteiger charge is 2.61. The van der Waals surface area contributed by atoms with Gasteiger partial charge in [-0.1, -0.05) is 104 Å². The largest absolute Gasteiger partial charge is 0.448 e. The van der Waals surface area contributed by atoms with Crippen molar-refractivity contribution in [3.63, 3.8) is 0 Å². The number of aliphatic hydroxyl groups is 1. The first-order chi connectivity index (χ1) is 23.1. The number of carbonyl (C=O) groups is 1. The number of hydrogen-bond acceptors (Lipinski definition) is 11. The topological polar surface area (TPSA) is 183 Å². The highest BCUT2D eigenvalue weighted by atomic mass is 28.5. The average molecular weight is 712 g/mol. The summed E-state index contributed by atoms with van der Waals surface area (Å²) in [6, 6.07) is 16.1. The molecule has 0 spiro atoms. The van der Waals surface area contributed by atoms with Crippen LogP contribution < -0.4 is 22.1 Å². The molecule has 2 unspecified atom stereocenters. The molecule has 14 heteroatoms. The van der Waals surface area contributed by atoms with Crippen molar-refractivity contribution >= 4 is 29.1 Å². The summed E-state index contributed by atoms with van der Waals surface area (Å²) in [5.74, 6) is -0.739. The Labute approximate surface area is 291 Å². The van der Waals surface area contributed by atoms with Crippen LogP contribution in [0.25, 0.3) is 11.1 Å². The second-order valence-electron chi connectivity index (χ2n) is 14.4. The van der Waals surface area contributed by atoms with Crippen LogP contribution in [0.15, 0.2) is 60.0 Å². The number of alkyl carbamates (subject to hydrolysis) is 1. The van der Waals surface area contributed by atoms with Crippen LogP contribution >= 0.6 is 0 Å². The van der Waals surface area contributed by atoms with E-state index >= 15 is 0 Å². The quantitative estimate of drug-likeness (QED) is 0.115. The molecule has 0 saturated carbocycles. The summed E-state index contributed by atoms with van der Waals surface area (Å²) in [5.41, 5.74) is 17.1. The molecule has 5 rings (SSSR count). The number of hydrogen-bond donors (Lipinski definition) is 6. The number of rotatable bonds is 9. The molecule has 4 atom stereocenters. The van der Waals surface area contributed by atoms with E-state index in [1.807, 2.05) is 36.4 Å². The molecule has 2 aliphatic heterocycles. The van der Waals surface area contributed by atoms with Crippen LogP contribution in [0, 0.1) is 5.41 Å². The summed E-state index contributed by atoms with van der Waals surface area (Å²) in [6.45, 7) is 17.2. The van der Waals surface area contributed by atoms with Gasteiger partial charge >= 0.3 is 23.2 Å². The smallest absolute Gasteiger partial charge is 0.412 e. The van der Waals surface area contributed by atoms with E-state index in [4.69, 9.17) is 39.3 Å². The monoisotopic (exact) mass is 711 g/mol. The summed E-state index contributed by atoms with van der Waals surface area (Å²) in [7, 11) is -5.78. The highest BCUT2D eigenvalue weighted by Crippen LogP contribution is 2.48. The van der Waals surface area contributed by atoms with E-state index in [2.05, 4.69) is 78.2 Å². The summed E-state index contributed by atoms with van der Waals surface area (Å²) >= 11 is 0. The first-order valence-electron chi connectivity index (χ1n) is 17.2. The van der Waals surface area contributed by atoms with Crippen molar-refractivity contribution in [2.24, 2.45) is 11.5 Å². The zero-order valence-electron chi connectivity index (χ0n) is 29.8. The van der Waals surface area contributed by atoms with Gasteiger partial charge in [-0.2, -0.15) is 0 Å². The number of nitrogens with two attached hydrogens (primary N) is 2. The van der Waals surface area contributed by atoms with Crippen molar-refractivity contribution in [1.82, 2.24) is 10.6 Å². The summed E-state index contributed by atoms with van der Waals surface area (Å²) in [4.78, 5) is 12.8. The SMILES string of the molecule is CC(C)[Si]1(C(C)C)OC[C@H]2O[C@@H](N/C(N)=C(\N)C(=N)NC(=O)OCC3c4ccccc4-c4ccccc43)C(O)C2O[Si](C(C)C)(C(C)C)O1. The number of amidine groups is 1. The normalized spacial score (nSPS) is 24.9. The van der Waals surface area contributed by atoms with Crippen molar-refractivity contribution in [2.45, 2.75) is 108 Å². The molecule has 2 saturated heterocycles. The molecule has 2 aromatic carbocycles. The lowest BCUT2D eigenvalue weighted by Gasteiger charge is -2.51. The fourth-order valence-corrected chi connectivity index (χ4v) is 18.7. The van der Waals surface area contributed by atoms with Crippen LogP contribution in [0.4, 0.5) is 4.79 Å². The summed E-state index contributed by atoms with van der Waals surface area (Å²) in [6.07, 6.45) is -4.34. The van der Waals surface area contributed by atoms with Gasteiger partial charge in [0.2, 0.25) is 0 Å². The Bertz CT molecular complexity index is 1510. The summed E-state index contributed by atoms with van der Waals surface area (Å²) in [5, 5.41) is 25.2. The van der Waals surface area contributed by atoms with Crippen LogP contribution in [0.3, 0.4) is 0 Å². The first kappa shape index (κ1) is 37.0. The van der Waals surface area contributed by atoms with Gasteiger partial charge in [-0.15, -0.1) is 0 Å². The van der Waals surface area contributed by atoms with Gasteiger partial charge < -0.3 is 44.3 Å². The van der Waals surface area contributed by atoms with Crippen molar-refractivity contribution < 1.29 is 32.3 Å². The highest BCUT2D eigenvalue weighted by molar-refractivity contribution is 6.84. The van der Waals surface area contributed by atoms with Gasteiger partial charge in [-0.05, 0) is 44.4 Å². The first-order valence-corrected chi connectivity index (χ1v) is 21.1. The van der Waals surface area contributed by atoms with Crippen molar-refractivity contribution in [2.75, 3.05) is 13.2 Å². The van der Waals surface area contributed by atoms with E-state index in [0.29, 0.717) is 0 Å². The average Bonchev–Trinajstić information content (AvgIpc) is 3.51. The maximum absolute atomic E-state index is 12.8. The number of benzene rings is 2. The molecule has 1 aliphatic carbocycles. The molecule has 0 bridgehead atoms. The Morgan fingerprint density at radius 1 is 0.918 bits per heavy atom. The maximum atomic E-state index is 12.8.